The first kappa shape index (κ1) is 29.9. The number of hydrogen-bond acceptors (Lipinski definition) is 5. The molecule has 1 amide bonds. The van der Waals surface area contributed by atoms with Gasteiger partial charge in [-0.05, 0) is 47.5 Å². The predicted molar refractivity (Wildman–Crippen MR) is 159 cm³/mol. The number of nitrogens with one attached hydrogen (secondary N) is 1. The van der Waals surface area contributed by atoms with Gasteiger partial charge in [-0.1, -0.05) is 101 Å². The summed E-state index contributed by atoms with van der Waals surface area (Å²) in [5, 5.41) is 6.05. The van der Waals surface area contributed by atoms with E-state index in [1.807, 2.05) is 30.3 Å². The summed E-state index contributed by atoms with van der Waals surface area (Å²) < 4.78 is 10.9. The van der Waals surface area contributed by atoms with Gasteiger partial charge in [-0.25, -0.2) is 10.2 Å². The van der Waals surface area contributed by atoms with Gasteiger partial charge in [0.1, 0.15) is 11.5 Å². The summed E-state index contributed by atoms with van der Waals surface area (Å²) in [4.78, 5) is 25.1. The molecule has 208 valence electrons. The molecule has 0 heterocycles. The topological polar surface area (TPSA) is 77.0 Å². The van der Waals surface area contributed by atoms with E-state index in [2.05, 4.69) is 17.5 Å². The molecule has 1 N–H and O–H groups in total. The van der Waals surface area contributed by atoms with Gasteiger partial charge in [-0.15, -0.1) is 0 Å². The Morgan fingerprint density at radius 1 is 0.795 bits per heavy atom. The first-order valence-electron chi connectivity index (χ1n) is 14.3. The molecule has 3 aromatic carbocycles. The monoisotopic (exact) mass is 530 g/mol. The van der Waals surface area contributed by atoms with Crippen LogP contribution in [0.15, 0.2) is 65.8 Å². The second-order valence-electron chi connectivity index (χ2n) is 9.90. The molecule has 0 saturated heterocycles. The van der Waals surface area contributed by atoms with E-state index >= 15 is 0 Å². The van der Waals surface area contributed by atoms with Crippen molar-refractivity contribution in [1.82, 2.24) is 5.43 Å². The van der Waals surface area contributed by atoms with E-state index in [9.17, 15) is 9.59 Å². The van der Waals surface area contributed by atoms with Crippen molar-refractivity contribution < 1.29 is 19.1 Å². The highest BCUT2D eigenvalue weighted by molar-refractivity contribution is 6.04. The fraction of sp³-hybridized carbons (Fsp3) is 0.424. The van der Waals surface area contributed by atoms with Crippen molar-refractivity contribution in [2.75, 3.05) is 7.11 Å². The molecule has 0 atom stereocenters. The number of rotatable bonds is 17. The van der Waals surface area contributed by atoms with Gasteiger partial charge in [-0.2, -0.15) is 5.10 Å². The molecule has 0 aliphatic carbocycles. The number of esters is 1. The normalized spacial score (nSPS) is 11.1. The second kappa shape index (κ2) is 17.0. The Hall–Kier alpha value is -3.67. The molecule has 0 bridgehead atoms. The molecule has 3 rings (SSSR count). The van der Waals surface area contributed by atoms with Gasteiger partial charge in [0.05, 0.1) is 18.9 Å². The van der Waals surface area contributed by atoms with E-state index < -0.39 is 5.97 Å². The Morgan fingerprint density at radius 3 is 2.10 bits per heavy atom. The molecule has 39 heavy (non-hydrogen) atoms. The van der Waals surface area contributed by atoms with Crippen molar-refractivity contribution in [1.29, 1.82) is 0 Å². The lowest BCUT2D eigenvalue weighted by atomic mass is 10.0. The van der Waals surface area contributed by atoms with Crippen molar-refractivity contribution in [2.45, 2.75) is 84.0 Å². The maximum Gasteiger partial charge on any atom is 0.343 e. The molecule has 0 aliphatic rings. The fourth-order valence-corrected chi connectivity index (χ4v) is 4.56. The van der Waals surface area contributed by atoms with E-state index in [0.717, 1.165) is 23.6 Å². The highest BCUT2D eigenvalue weighted by atomic mass is 16.5. The van der Waals surface area contributed by atoms with Gasteiger partial charge in [0.25, 0.3) is 0 Å². The average molecular weight is 531 g/mol. The fourth-order valence-electron chi connectivity index (χ4n) is 4.56. The quantitative estimate of drug-likeness (QED) is 0.0627. The Bertz CT molecular complexity index is 1200. The van der Waals surface area contributed by atoms with Gasteiger partial charge in [0, 0.05) is 12.0 Å². The number of methoxy groups -OCH3 is 1. The van der Waals surface area contributed by atoms with Crippen molar-refractivity contribution >= 4 is 28.9 Å². The summed E-state index contributed by atoms with van der Waals surface area (Å²) in [6.45, 7) is 2.25. The Kier molecular flexibility index (Phi) is 13.0. The van der Waals surface area contributed by atoms with Gasteiger partial charge < -0.3 is 9.47 Å². The number of carbonyl (C=O) groups is 2. The smallest absolute Gasteiger partial charge is 0.343 e. The van der Waals surface area contributed by atoms with Crippen LogP contribution in [0.2, 0.25) is 0 Å². The third-order valence-corrected chi connectivity index (χ3v) is 6.85. The van der Waals surface area contributed by atoms with E-state index in [1.165, 1.54) is 57.8 Å². The minimum atomic E-state index is -0.483. The number of ether oxygens (including phenoxy) is 2. The number of benzene rings is 3. The molecular formula is C33H42N2O4. The SMILES string of the molecule is CCCCCCCCCCCCCC(=O)N/N=C/c1c(OC(=O)c2ccc(OC)cc2)ccc2ccccc12. The molecule has 0 radical (unpaired) electrons. The maximum atomic E-state index is 12.8. The molecule has 0 aromatic heterocycles. The van der Waals surface area contributed by atoms with Crippen LogP contribution < -0.4 is 14.9 Å². The van der Waals surface area contributed by atoms with E-state index in [1.54, 1.807) is 43.7 Å². The number of fused-ring (bicyclic) bond motifs is 1. The van der Waals surface area contributed by atoms with Crippen LogP contribution in [0.3, 0.4) is 0 Å². The molecule has 0 fully saturated rings. The number of hydrogen-bond donors (Lipinski definition) is 1. The minimum absolute atomic E-state index is 0.112. The van der Waals surface area contributed by atoms with E-state index in [0.29, 0.717) is 29.0 Å². The van der Waals surface area contributed by atoms with Crippen molar-refractivity contribution in [3.63, 3.8) is 0 Å². The average Bonchev–Trinajstić information content (AvgIpc) is 2.96. The number of nitrogens with zero attached hydrogens (tertiary/aromatic N) is 1. The lowest BCUT2D eigenvalue weighted by Crippen LogP contribution is -2.17. The molecule has 0 saturated carbocycles. The van der Waals surface area contributed by atoms with E-state index in [4.69, 9.17) is 9.47 Å². The van der Waals surface area contributed by atoms with Gasteiger partial charge in [0.2, 0.25) is 5.91 Å². The predicted octanol–water partition coefficient (Wildman–Crippen LogP) is 8.22. The minimum Gasteiger partial charge on any atom is -0.497 e. The third-order valence-electron chi connectivity index (χ3n) is 6.85. The number of hydrazone groups is 1. The molecule has 0 aliphatic heterocycles. The first-order chi connectivity index (χ1) is 19.1. The molecule has 0 spiro atoms. The summed E-state index contributed by atoms with van der Waals surface area (Å²) in [5.74, 6) is 0.439. The zero-order valence-corrected chi connectivity index (χ0v) is 23.4. The maximum absolute atomic E-state index is 12.8. The Morgan fingerprint density at radius 2 is 1.44 bits per heavy atom. The first-order valence-corrected chi connectivity index (χ1v) is 14.3. The van der Waals surface area contributed by atoms with Crippen LogP contribution >= 0.6 is 0 Å². The summed E-state index contributed by atoms with van der Waals surface area (Å²) in [6, 6.07) is 18.2. The van der Waals surface area contributed by atoms with Crippen LogP contribution in [0.25, 0.3) is 10.8 Å². The molecule has 6 nitrogen and oxygen atoms in total. The lowest BCUT2D eigenvalue weighted by Gasteiger charge is -2.11. The third kappa shape index (κ3) is 10.2. The molecular weight excluding hydrogens is 488 g/mol. The second-order valence-corrected chi connectivity index (χ2v) is 9.90. The zero-order chi connectivity index (χ0) is 27.7. The largest absolute Gasteiger partial charge is 0.497 e. The summed E-state index contributed by atoms with van der Waals surface area (Å²) >= 11 is 0. The van der Waals surface area contributed by atoms with Crippen LogP contribution in [0.5, 0.6) is 11.5 Å². The van der Waals surface area contributed by atoms with Crippen molar-refractivity contribution in [3.8, 4) is 11.5 Å². The number of unbranched alkanes of at least 4 members (excludes halogenated alkanes) is 10. The van der Waals surface area contributed by atoms with Gasteiger partial charge in [0.15, 0.2) is 0 Å². The number of amides is 1. The van der Waals surface area contributed by atoms with Crippen molar-refractivity contribution in [2.24, 2.45) is 5.10 Å². The van der Waals surface area contributed by atoms with E-state index in [-0.39, 0.29) is 5.91 Å². The molecule has 3 aromatic rings. The molecule has 0 unspecified atom stereocenters. The Balaban J connectivity index is 1.49. The van der Waals surface area contributed by atoms with Crippen LogP contribution in [0.1, 0.15) is 99.9 Å². The summed E-state index contributed by atoms with van der Waals surface area (Å²) in [7, 11) is 1.57. The van der Waals surface area contributed by atoms with Gasteiger partial charge in [-0.3, -0.25) is 4.79 Å². The van der Waals surface area contributed by atoms with Crippen LogP contribution in [-0.2, 0) is 4.79 Å². The summed E-state index contributed by atoms with van der Waals surface area (Å²) in [6.07, 6.45) is 15.7. The highest BCUT2D eigenvalue weighted by Gasteiger charge is 2.14. The standard InChI is InChI=1S/C33H42N2O4/c1-3-4-5-6-7-8-9-10-11-12-13-18-32(36)35-34-25-30-29-17-15-14-16-26(29)21-24-31(30)39-33(37)27-19-22-28(38-2)23-20-27/h14-17,19-25H,3-13,18H2,1-2H3,(H,35,36)/b34-25+. The lowest BCUT2D eigenvalue weighted by molar-refractivity contribution is -0.121. The van der Waals surface area contributed by atoms with Crippen LogP contribution in [0, 0.1) is 0 Å². The summed E-state index contributed by atoms with van der Waals surface area (Å²) in [5.41, 5.74) is 3.67. The zero-order valence-electron chi connectivity index (χ0n) is 23.4. The van der Waals surface area contributed by atoms with Crippen molar-refractivity contribution in [3.05, 3.63) is 71.8 Å². The molecule has 6 heteroatoms. The number of carbonyl (C=O) groups excluding carboxylic acids is 2. The van der Waals surface area contributed by atoms with Crippen LogP contribution in [0.4, 0.5) is 0 Å². The highest BCUT2D eigenvalue weighted by Crippen LogP contribution is 2.27. The van der Waals surface area contributed by atoms with Gasteiger partial charge >= 0.3 is 5.97 Å². The Labute approximate surface area is 232 Å². The van der Waals surface area contributed by atoms with Crippen LogP contribution in [-0.4, -0.2) is 25.2 Å².